The first-order chi connectivity index (χ1) is 7.70. The Hall–Kier alpha value is -2.07. The molecule has 1 N–H and O–H groups in total. The number of nitrogens with zero attached hydrogens (tertiary/aromatic N) is 3. The van der Waals surface area contributed by atoms with Gasteiger partial charge in [-0.25, -0.2) is 5.32 Å². The van der Waals surface area contributed by atoms with Gasteiger partial charge in [0.1, 0.15) is 0 Å². The summed E-state index contributed by atoms with van der Waals surface area (Å²) in [5, 5.41) is 16.7. The van der Waals surface area contributed by atoms with E-state index in [1.54, 1.807) is 5.32 Å². The van der Waals surface area contributed by atoms with Crippen LogP contribution in [0.25, 0.3) is 0 Å². The van der Waals surface area contributed by atoms with Crippen LogP contribution in [0.15, 0.2) is 24.4 Å². The lowest BCUT2D eigenvalue weighted by Crippen LogP contribution is -1.93. The van der Waals surface area contributed by atoms with Crippen molar-refractivity contribution in [3.63, 3.8) is 0 Å². The van der Waals surface area contributed by atoms with Crippen LogP contribution in [0, 0.1) is 28.8 Å². The van der Waals surface area contributed by atoms with Gasteiger partial charge in [-0.1, -0.05) is 19.9 Å². The van der Waals surface area contributed by atoms with Crippen molar-refractivity contribution in [3.05, 3.63) is 30.1 Å². The molecule has 1 aromatic rings. The SMILES string of the molecule is CC(C)CCc1ccccn1.N#CNC#N. The molecule has 0 saturated heterocycles. The number of rotatable bonds is 3. The van der Waals surface area contributed by atoms with Gasteiger partial charge in [-0.05, 0) is 30.9 Å². The van der Waals surface area contributed by atoms with Crippen molar-refractivity contribution in [2.75, 3.05) is 0 Å². The van der Waals surface area contributed by atoms with E-state index in [-0.39, 0.29) is 0 Å². The van der Waals surface area contributed by atoms with Gasteiger partial charge in [-0.2, -0.15) is 10.5 Å². The lowest BCUT2D eigenvalue weighted by molar-refractivity contribution is 0.581. The number of nitriles is 2. The molecule has 0 aliphatic carbocycles. The van der Waals surface area contributed by atoms with E-state index >= 15 is 0 Å². The maximum atomic E-state index is 7.48. The Morgan fingerprint density at radius 2 is 2.00 bits per heavy atom. The summed E-state index contributed by atoms with van der Waals surface area (Å²) < 4.78 is 0. The van der Waals surface area contributed by atoms with Crippen LogP contribution in [0.1, 0.15) is 26.0 Å². The molecular weight excluding hydrogens is 200 g/mol. The number of nitrogens with one attached hydrogen (secondary N) is 1. The Morgan fingerprint density at radius 1 is 1.31 bits per heavy atom. The van der Waals surface area contributed by atoms with E-state index in [0.29, 0.717) is 0 Å². The molecule has 0 saturated carbocycles. The summed E-state index contributed by atoms with van der Waals surface area (Å²) in [6, 6.07) is 6.09. The Labute approximate surface area is 96.5 Å². The average molecular weight is 216 g/mol. The first-order valence-corrected chi connectivity index (χ1v) is 5.13. The van der Waals surface area contributed by atoms with E-state index in [2.05, 4.69) is 24.9 Å². The molecule has 4 heteroatoms. The van der Waals surface area contributed by atoms with Crippen LogP contribution in [0.2, 0.25) is 0 Å². The van der Waals surface area contributed by atoms with E-state index in [0.717, 1.165) is 12.3 Å². The minimum atomic E-state index is 0.775. The van der Waals surface area contributed by atoms with Gasteiger partial charge in [0, 0.05) is 11.9 Å². The molecular formula is C12H16N4. The molecule has 0 aromatic carbocycles. The van der Waals surface area contributed by atoms with Gasteiger partial charge >= 0.3 is 0 Å². The van der Waals surface area contributed by atoms with Crippen LogP contribution >= 0.6 is 0 Å². The van der Waals surface area contributed by atoms with Gasteiger partial charge in [0.15, 0.2) is 12.4 Å². The topological polar surface area (TPSA) is 72.5 Å². The molecule has 0 atom stereocenters. The molecule has 1 aromatic heterocycles. The van der Waals surface area contributed by atoms with Crippen molar-refractivity contribution in [1.29, 1.82) is 10.5 Å². The Balaban J connectivity index is 0.000000385. The van der Waals surface area contributed by atoms with Gasteiger partial charge in [0.25, 0.3) is 0 Å². The molecule has 0 bridgehead atoms. The fraction of sp³-hybridized carbons (Fsp3) is 0.417. The monoisotopic (exact) mass is 216 g/mol. The zero-order chi connectivity index (χ0) is 12.2. The number of hydrogen-bond donors (Lipinski definition) is 1. The first-order valence-electron chi connectivity index (χ1n) is 5.13. The maximum Gasteiger partial charge on any atom is 0.190 e. The molecule has 0 aliphatic rings. The fourth-order valence-electron chi connectivity index (χ4n) is 1.01. The lowest BCUT2D eigenvalue weighted by Gasteiger charge is -2.02. The van der Waals surface area contributed by atoms with E-state index in [1.165, 1.54) is 24.5 Å². The number of aryl methyl sites for hydroxylation is 1. The third kappa shape index (κ3) is 8.52. The highest BCUT2D eigenvalue weighted by Crippen LogP contribution is 2.05. The first kappa shape index (κ1) is 13.9. The second-order valence-corrected chi connectivity index (χ2v) is 3.60. The highest BCUT2D eigenvalue weighted by atomic mass is 14.8. The highest BCUT2D eigenvalue weighted by Gasteiger charge is 1.95. The molecule has 1 heterocycles. The van der Waals surface area contributed by atoms with Crippen molar-refractivity contribution in [2.45, 2.75) is 26.7 Å². The summed E-state index contributed by atoms with van der Waals surface area (Å²) in [6.07, 6.45) is 7.01. The van der Waals surface area contributed by atoms with Crippen LogP contribution in [-0.2, 0) is 6.42 Å². The Bertz CT molecular complexity index is 334. The molecule has 0 spiro atoms. The third-order valence-corrected chi connectivity index (χ3v) is 1.82. The predicted molar refractivity (Wildman–Crippen MR) is 61.8 cm³/mol. The second kappa shape index (κ2) is 9.48. The summed E-state index contributed by atoms with van der Waals surface area (Å²) in [5.41, 5.74) is 1.21. The number of pyridine rings is 1. The molecule has 0 radical (unpaired) electrons. The van der Waals surface area contributed by atoms with Gasteiger partial charge in [0.2, 0.25) is 0 Å². The van der Waals surface area contributed by atoms with Crippen LogP contribution in [0.5, 0.6) is 0 Å². The van der Waals surface area contributed by atoms with Crippen LogP contribution < -0.4 is 5.32 Å². The summed E-state index contributed by atoms with van der Waals surface area (Å²) in [4.78, 5) is 4.25. The molecule has 84 valence electrons. The highest BCUT2D eigenvalue weighted by molar-refractivity contribution is 5.03. The zero-order valence-electron chi connectivity index (χ0n) is 9.64. The Morgan fingerprint density at radius 3 is 2.38 bits per heavy atom. The normalized spacial score (nSPS) is 8.31. The van der Waals surface area contributed by atoms with Crippen molar-refractivity contribution in [2.24, 2.45) is 5.92 Å². The van der Waals surface area contributed by atoms with Gasteiger partial charge < -0.3 is 0 Å². The average Bonchev–Trinajstić information content (AvgIpc) is 2.30. The van der Waals surface area contributed by atoms with Crippen LogP contribution in [0.3, 0.4) is 0 Å². The van der Waals surface area contributed by atoms with Crippen molar-refractivity contribution in [1.82, 2.24) is 10.3 Å². The number of aromatic nitrogens is 1. The van der Waals surface area contributed by atoms with Crippen LogP contribution in [0.4, 0.5) is 0 Å². The minimum absolute atomic E-state index is 0.775. The third-order valence-electron chi connectivity index (χ3n) is 1.82. The summed E-state index contributed by atoms with van der Waals surface area (Å²) in [6.45, 7) is 4.48. The van der Waals surface area contributed by atoms with E-state index < -0.39 is 0 Å². The van der Waals surface area contributed by atoms with Crippen molar-refractivity contribution < 1.29 is 0 Å². The molecule has 0 aliphatic heterocycles. The molecule has 0 fully saturated rings. The summed E-state index contributed by atoms with van der Waals surface area (Å²) in [7, 11) is 0. The standard InChI is InChI=1S/C10H15N.C2HN3/c1-9(2)6-7-10-5-3-4-8-11-10;3-1-5-2-4/h3-5,8-9H,6-7H2,1-2H3;5H. The second-order valence-electron chi connectivity index (χ2n) is 3.60. The van der Waals surface area contributed by atoms with Gasteiger partial charge in [0.05, 0.1) is 0 Å². The number of hydrogen-bond acceptors (Lipinski definition) is 4. The molecule has 16 heavy (non-hydrogen) atoms. The molecule has 0 amide bonds. The van der Waals surface area contributed by atoms with Gasteiger partial charge in [-0.3, -0.25) is 4.98 Å². The summed E-state index contributed by atoms with van der Waals surface area (Å²) in [5.74, 6) is 0.775. The molecule has 1 rings (SSSR count). The largest absolute Gasteiger partial charge is 0.261 e. The molecule has 4 nitrogen and oxygen atoms in total. The van der Waals surface area contributed by atoms with E-state index in [1.807, 2.05) is 18.3 Å². The van der Waals surface area contributed by atoms with E-state index in [9.17, 15) is 0 Å². The Kier molecular flexibility index (Phi) is 8.26. The predicted octanol–water partition coefficient (Wildman–Crippen LogP) is 2.21. The quantitative estimate of drug-likeness (QED) is 0.621. The summed E-state index contributed by atoms with van der Waals surface area (Å²) >= 11 is 0. The smallest absolute Gasteiger partial charge is 0.190 e. The minimum Gasteiger partial charge on any atom is -0.261 e. The zero-order valence-corrected chi connectivity index (χ0v) is 9.64. The fourth-order valence-corrected chi connectivity index (χ4v) is 1.01. The maximum absolute atomic E-state index is 7.48. The van der Waals surface area contributed by atoms with Gasteiger partial charge in [-0.15, -0.1) is 0 Å². The van der Waals surface area contributed by atoms with Crippen molar-refractivity contribution in [3.8, 4) is 12.4 Å². The van der Waals surface area contributed by atoms with Crippen LogP contribution in [-0.4, -0.2) is 4.98 Å². The van der Waals surface area contributed by atoms with Crippen molar-refractivity contribution >= 4 is 0 Å². The lowest BCUT2D eigenvalue weighted by atomic mass is 10.1. The molecule has 0 unspecified atom stereocenters. The van der Waals surface area contributed by atoms with E-state index in [4.69, 9.17) is 10.5 Å².